The molecule has 5 heteroatoms. The minimum absolute atomic E-state index is 0.215. The zero-order valence-corrected chi connectivity index (χ0v) is 7.37. The van der Waals surface area contributed by atoms with Crippen molar-refractivity contribution in [2.45, 2.75) is 6.42 Å². The van der Waals surface area contributed by atoms with Crippen LogP contribution in [0.1, 0.15) is 6.42 Å². The first kappa shape index (κ1) is 10.9. The summed E-state index contributed by atoms with van der Waals surface area (Å²) in [5.41, 5.74) is 5.22. The van der Waals surface area contributed by atoms with E-state index < -0.39 is 5.97 Å². The van der Waals surface area contributed by atoms with E-state index in [4.69, 9.17) is 5.73 Å². The molecular weight excluding hydrogens is 160 g/mol. The molecule has 0 rings (SSSR count). The van der Waals surface area contributed by atoms with Crippen LogP contribution in [0.4, 0.5) is 0 Å². The van der Waals surface area contributed by atoms with Gasteiger partial charge in [-0.3, -0.25) is 9.59 Å². The van der Waals surface area contributed by atoms with Gasteiger partial charge < -0.3 is 15.4 Å². The lowest BCUT2D eigenvalue weighted by atomic mass is 10.4. The smallest absolute Gasteiger partial charge is 0.315 e. The van der Waals surface area contributed by atoms with Crippen LogP contribution in [0.2, 0.25) is 0 Å². The summed E-state index contributed by atoms with van der Waals surface area (Å²) >= 11 is 0. The molecular formula is C7H14N2O3. The number of methoxy groups -OCH3 is 1. The minimum atomic E-state index is -0.524. The van der Waals surface area contributed by atoms with E-state index in [0.29, 0.717) is 13.1 Å². The lowest BCUT2D eigenvalue weighted by molar-refractivity contribution is -0.146. The van der Waals surface area contributed by atoms with Crippen molar-refractivity contribution < 1.29 is 14.3 Å². The molecule has 0 bridgehead atoms. The number of likely N-dealkylation sites (N-methyl/N-ethyl adjacent to an activating group) is 1. The number of carbonyl (C=O) groups is 2. The zero-order chi connectivity index (χ0) is 9.56. The van der Waals surface area contributed by atoms with Crippen LogP contribution in [-0.4, -0.2) is 44.0 Å². The van der Waals surface area contributed by atoms with Crippen LogP contribution in [0, 0.1) is 0 Å². The molecule has 0 aromatic carbocycles. The highest BCUT2D eigenvalue weighted by atomic mass is 16.5. The van der Waals surface area contributed by atoms with Crippen molar-refractivity contribution in [3.05, 3.63) is 0 Å². The maximum atomic E-state index is 11.1. The van der Waals surface area contributed by atoms with E-state index in [1.165, 1.54) is 12.0 Å². The Bertz CT molecular complexity index is 170. The minimum Gasteiger partial charge on any atom is -0.469 e. The van der Waals surface area contributed by atoms with Crippen molar-refractivity contribution in [2.24, 2.45) is 5.73 Å². The second-order valence-electron chi connectivity index (χ2n) is 2.36. The summed E-state index contributed by atoms with van der Waals surface area (Å²) in [5.74, 6) is -0.795. The van der Waals surface area contributed by atoms with Crippen LogP contribution in [0.15, 0.2) is 0 Å². The van der Waals surface area contributed by atoms with Gasteiger partial charge in [-0.1, -0.05) is 0 Å². The Hall–Kier alpha value is -1.10. The quantitative estimate of drug-likeness (QED) is 0.437. The van der Waals surface area contributed by atoms with Gasteiger partial charge in [0, 0.05) is 20.1 Å². The number of carbonyl (C=O) groups excluding carboxylic acids is 2. The third-order valence-electron chi connectivity index (χ3n) is 1.41. The molecule has 0 saturated heterocycles. The largest absolute Gasteiger partial charge is 0.469 e. The number of hydrogen-bond acceptors (Lipinski definition) is 4. The number of nitrogens with two attached hydrogens (primary N) is 1. The van der Waals surface area contributed by atoms with Gasteiger partial charge in [0.1, 0.15) is 6.42 Å². The fraction of sp³-hybridized carbons (Fsp3) is 0.714. The number of hydrogen-bond donors (Lipinski definition) is 1. The summed E-state index contributed by atoms with van der Waals surface area (Å²) in [5, 5.41) is 0. The molecule has 0 aromatic rings. The highest BCUT2D eigenvalue weighted by molar-refractivity contribution is 5.94. The second kappa shape index (κ2) is 5.54. The summed E-state index contributed by atoms with van der Waals surface area (Å²) in [4.78, 5) is 23.1. The van der Waals surface area contributed by atoms with Crippen LogP contribution in [0.25, 0.3) is 0 Å². The highest BCUT2D eigenvalue weighted by Gasteiger charge is 2.12. The van der Waals surface area contributed by atoms with Crippen molar-refractivity contribution in [3.63, 3.8) is 0 Å². The van der Waals surface area contributed by atoms with Crippen molar-refractivity contribution in [1.82, 2.24) is 4.90 Å². The van der Waals surface area contributed by atoms with E-state index in [1.54, 1.807) is 7.05 Å². The summed E-state index contributed by atoms with van der Waals surface area (Å²) < 4.78 is 4.33. The van der Waals surface area contributed by atoms with E-state index in [-0.39, 0.29) is 12.3 Å². The van der Waals surface area contributed by atoms with E-state index in [1.807, 2.05) is 0 Å². The number of nitrogens with zero attached hydrogens (tertiary/aromatic N) is 1. The monoisotopic (exact) mass is 174 g/mol. The molecule has 0 aromatic heterocycles. The summed E-state index contributed by atoms with van der Waals surface area (Å²) in [6.07, 6.45) is -0.215. The molecule has 0 radical (unpaired) electrons. The van der Waals surface area contributed by atoms with E-state index in [0.717, 1.165) is 0 Å². The number of ether oxygens (including phenoxy) is 1. The predicted molar refractivity (Wildman–Crippen MR) is 43.3 cm³/mol. The third-order valence-corrected chi connectivity index (χ3v) is 1.41. The Balaban J connectivity index is 3.78. The highest BCUT2D eigenvalue weighted by Crippen LogP contribution is 1.91. The van der Waals surface area contributed by atoms with Crippen LogP contribution in [0.3, 0.4) is 0 Å². The standard InChI is InChI=1S/C7H14N2O3/c1-9(4-3-8)6(10)5-7(11)12-2/h3-5,8H2,1-2H3. The van der Waals surface area contributed by atoms with Gasteiger partial charge in [-0.15, -0.1) is 0 Å². The Morgan fingerprint density at radius 3 is 2.50 bits per heavy atom. The normalized spacial score (nSPS) is 9.25. The molecule has 5 nitrogen and oxygen atoms in total. The molecule has 0 aliphatic rings. The summed E-state index contributed by atoms with van der Waals surface area (Å²) in [7, 11) is 2.84. The van der Waals surface area contributed by atoms with Crippen LogP contribution in [-0.2, 0) is 14.3 Å². The Kier molecular flexibility index (Phi) is 5.03. The SMILES string of the molecule is COC(=O)CC(=O)N(C)CCN. The third kappa shape index (κ3) is 3.92. The molecule has 70 valence electrons. The first-order valence-corrected chi connectivity index (χ1v) is 3.62. The Labute approximate surface area is 71.5 Å². The average Bonchev–Trinajstić information content (AvgIpc) is 2.04. The van der Waals surface area contributed by atoms with Crippen LogP contribution >= 0.6 is 0 Å². The molecule has 0 aliphatic heterocycles. The van der Waals surface area contributed by atoms with Gasteiger partial charge in [0.25, 0.3) is 0 Å². The van der Waals surface area contributed by atoms with E-state index in [2.05, 4.69) is 4.74 Å². The lowest BCUT2D eigenvalue weighted by Crippen LogP contribution is -2.33. The predicted octanol–water partition coefficient (Wildman–Crippen LogP) is -1.03. The number of esters is 1. The molecule has 1 amide bonds. The van der Waals surface area contributed by atoms with Crippen molar-refractivity contribution in [2.75, 3.05) is 27.2 Å². The molecule has 0 spiro atoms. The topological polar surface area (TPSA) is 72.6 Å². The molecule has 0 aliphatic carbocycles. The molecule has 2 N–H and O–H groups in total. The maximum absolute atomic E-state index is 11.1. The fourth-order valence-corrected chi connectivity index (χ4v) is 0.649. The molecule has 0 saturated carbocycles. The van der Waals surface area contributed by atoms with E-state index >= 15 is 0 Å². The zero-order valence-electron chi connectivity index (χ0n) is 7.37. The maximum Gasteiger partial charge on any atom is 0.315 e. The fourth-order valence-electron chi connectivity index (χ4n) is 0.649. The molecule has 0 fully saturated rings. The van der Waals surface area contributed by atoms with Gasteiger partial charge >= 0.3 is 5.97 Å². The van der Waals surface area contributed by atoms with Crippen molar-refractivity contribution in [1.29, 1.82) is 0 Å². The first-order chi connectivity index (χ1) is 5.61. The Morgan fingerprint density at radius 2 is 2.08 bits per heavy atom. The summed E-state index contributed by atoms with van der Waals surface area (Å²) in [6.45, 7) is 0.846. The molecule has 12 heavy (non-hydrogen) atoms. The van der Waals surface area contributed by atoms with Crippen molar-refractivity contribution >= 4 is 11.9 Å². The van der Waals surface area contributed by atoms with Crippen molar-refractivity contribution in [3.8, 4) is 0 Å². The van der Waals surface area contributed by atoms with Crippen LogP contribution in [0.5, 0.6) is 0 Å². The van der Waals surface area contributed by atoms with Gasteiger partial charge in [0.15, 0.2) is 0 Å². The van der Waals surface area contributed by atoms with Gasteiger partial charge in [-0.25, -0.2) is 0 Å². The number of amides is 1. The van der Waals surface area contributed by atoms with Crippen LogP contribution < -0.4 is 5.73 Å². The van der Waals surface area contributed by atoms with Gasteiger partial charge in [-0.2, -0.15) is 0 Å². The van der Waals surface area contributed by atoms with Gasteiger partial charge in [0.05, 0.1) is 7.11 Å². The number of rotatable bonds is 4. The first-order valence-electron chi connectivity index (χ1n) is 3.62. The van der Waals surface area contributed by atoms with Gasteiger partial charge in [0.2, 0.25) is 5.91 Å². The second-order valence-corrected chi connectivity index (χ2v) is 2.36. The average molecular weight is 174 g/mol. The summed E-state index contributed by atoms with van der Waals surface area (Å²) in [6, 6.07) is 0. The Morgan fingerprint density at radius 1 is 1.50 bits per heavy atom. The molecule has 0 heterocycles. The van der Waals surface area contributed by atoms with Gasteiger partial charge in [-0.05, 0) is 0 Å². The molecule has 0 atom stereocenters. The molecule has 0 unspecified atom stereocenters. The lowest BCUT2D eigenvalue weighted by Gasteiger charge is -2.14. The van der Waals surface area contributed by atoms with E-state index in [9.17, 15) is 9.59 Å².